The zero-order valence-corrected chi connectivity index (χ0v) is 15.0. The molecule has 134 valence electrons. The Balaban J connectivity index is 1.85. The number of carbonyl (C=O) groups is 1. The Bertz CT molecular complexity index is 910. The van der Waals surface area contributed by atoms with Gasteiger partial charge in [0.25, 0.3) is 0 Å². The lowest BCUT2D eigenvalue weighted by Crippen LogP contribution is -2.09. The van der Waals surface area contributed by atoms with E-state index in [0.29, 0.717) is 5.82 Å². The van der Waals surface area contributed by atoms with Crippen LogP contribution in [0.15, 0.2) is 54.6 Å². The van der Waals surface area contributed by atoms with Crippen molar-refractivity contribution < 1.29 is 9.18 Å². The number of aryl methyl sites for hydroxylation is 1. The van der Waals surface area contributed by atoms with Gasteiger partial charge in [-0.2, -0.15) is 0 Å². The Morgan fingerprint density at radius 2 is 1.85 bits per heavy atom. The number of para-hydroxylation sites is 2. The molecule has 1 aromatic heterocycles. The van der Waals surface area contributed by atoms with Gasteiger partial charge in [-0.3, -0.25) is 4.79 Å². The highest BCUT2D eigenvalue weighted by Crippen LogP contribution is 2.18. The van der Waals surface area contributed by atoms with Gasteiger partial charge < -0.3 is 4.57 Å². The molecular formula is C22H23FN2O. The van der Waals surface area contributed by atoms with E-state index in [1.807, 2.05) is 28.8 Å². The van der Waals surface area contributed by atoms with Gasteiger partial charge in [0, 0.05) is 6.54 Å². The van der Waals surface area contributed by atoms with E-state index in [-0.39, 0.29) is 11.6 Å². The summed E-state index contributed by atoms with van der Waals surface area (Å²) >= 11 is 0. The second-order valence-electron chi connectivity index (χ2n) is 6.39. The lowest BCUT2D eigenvalue weighted by molar-refractivity contribution is 0.103. The van der Waals surface area contributed by atoms with Crippen molar-refractivity contribution in [2.45, 2.75) is 39.2 Å². The topological polar surface area (TPSA) is 34.9 Å². The fourth-order valence-electron chi connectivity index (χ4n) is 3.01. The summed E-state index contributed by atoms with van der Waals surface area (Å²) in [5.74, 6) is 0.0319. The molecule has 0 radical (unpaired) electrons. The minimum Gasteiger partial charge on any atom is -0.321 e. The standard InChI is InChI=1S/C22H23FN2O/c1-2-3-4-7-16-25-20-9-6-5-8-19(20)24-22(25)21(26)15-12-17-10-13-18(23)14-11-17/h5-6,8-15H,2-4,7,16H2,1H3/b15-12+. The molecule has 26 heavy (non-hydrogen) atoms. The van der Waals surface area contributed by atoms with Crippen LogP contribution in [0.2, 0.25) is 0 Å². The van der Waals surface area contributed by atoms with Crippen LogP contribution in [0, 0.1) is 5.82 Å². The third kappa shape index (κ3) is 4.26. The maximum atomic E-state index is 13.0. The Labute approximate surface area is 153 Å². The lowest BCUT2D eigenvalue weighted by Gasteiger charge is -2.07. The van der Waals surface area contributed by atoms with E-state index in [2.05, 4.69) is 11.9 Å². The summed E-state index contributed by atoms with van der Waals surface area (Å²) in [6.07, 6.45) is 7.75. The molecule has 0 aliphatic rings. The van der Waals surface area contributed by atoms with E-state index < -0.39 is 0 Å². The van der Waals surface area contributed by atoms with Crippen LogP contribution in [0.1, 0.15) is 48.8 Å². The predicted octanol–water partition coefficient (Wildman–Crippen LogP) is 5.65. The van der Waals surface area contributed by atoms with Gasteiger partial charge >= 0.3 is 0 Å². The van der Waals surface area contributed by atoms with Crippen molar-refractivity contribution >= 4 is 22.9 Å². The van der Waals surface area contributed by atoms with Crippen LogP contribution in [0.3, 0.4) is 0 Å². The SMILES string of the molecule is CCCCCCn1c(C(=O)/C=C/c2ccc(F)cc2)nc2ccccc21. The van der Waals surface area contributed by atoms with Crippen LogP contribution in [0.5, 0.6) is 0 Å². The summed E-state index contributed by atoms with van der Waals surface area (Å²) in [6, 6.07) is 13.9. The van der Waals surface area contributed by atoms with Crippen LogP contribution >= 0.6 is 0 Å². The minimum atomic E-state index is -0.289. The second-order valence-corrected chi connectivity index (χ2v) is 6.39. The zero-order chi connectivity index (χ0) is 18.4. The summed E-state index contributed by atoms with van der Waals surface area (Å²) in [4.78, 5) is 17.3. The van der Waals surface area contributed by atoms with Crippen molar-refractivity contribution in [3.8, 4) is 0 Å². The smallest absolute Gasteiger partial charge is 0.221 e. The van der Waals surface area contributed by atoms with E-state index in [9.17, 15) is 9.18 Å². The number of fused-ring (bicyclic) bond motifs is 1. The molecule has 0 saturated heterocycles. The van der Waals surface area contributed by atoms with Crippen LogP contribution in [0.4, 0.5) is 4.39 Å². The lowest BCUT2D eigenvalue weighted by atomic mass is 10.2. The van der Waals surface area contributed by atoms with Gasteiger partial charge in [0.05, 0.1) is 11.0 Å². The molecule has 0 saturated carbocycles. The molecule has 0 bridgehead atoms. The van der Waals surface area contributed by atoms with E-state index in [1.54, 1.807) is 18.2 Å². The van der Waals surface area contributed by atoms with Crippen molar-refractivity contribution in [3.05, 3.63) is 71.8 Å². The van der Waals surface area contributed by atoms with Crippen LogP contribution < -0.4 is 0 Å². The zero-order valence-electron chi connectivity index (χ0n) is 15.0. The monoisotopic (exact) mass is 350 g/mol. The van der Waals surface area contributed by atoms with Crippen LogP contribution in [-0.2, 0) is 6.54 Å². The first-order chi connectivity index (χ1) is 12.7. The molecule has 0 unspecified atom stereocenters. The molecule has 0 spiro atoms. The number of unbranched alkanes of at least 4 members (excludes halogenated alkanes) is 3. The van der Waals surface area contributed by atoms with Gasteiger partial charge in [0.15, 0.2) is 5.82 Å². The summed E-state index contributed by atoms with van der Waals surface area (Å²) in [5.41, 5.74) is 2.61. The minimum absolute atomic E-state index is 0.138. The van der Waals surface area contributed by atoms with E-state index in [4.69, 9.17) is 0 Å². The highest BCUT2D eigenvalue weighted by Gasteiger charge is 2.15. The fourth-order valence-corrected chi connectivity index (χ4v) is 3.01. The third-order valence-electron chi connectivity index (χ3n) is 4.41. The van der Waals surface area contributed by atoms with E-state index in [0.717, 1.165) is 36.0 Å². The number of benzene rings is 2. The molecule has 3 aromatic rings. The van der Waals surface area contributed by atoms with Gasteiger partial charge in [0.1, 0.15) is 5.82 Å². The normalized spacial score (nSPS) is 11.5. The van der Waals surface area contributed by atoms with Gasteiger partial charge in [-0.1, -0.05) is 56.5 Å². The van der Waals surface area contributed by atoms with Crippen LogP contribution in [-0.4, -0.2) is 15.3 Å². The first kappa shape index (κ1) is 18.1. The first-order valence-corrected chi connectivity index (χ1v) is 9.12. The number of carbonyl (C=O) groups excluding carboxylic acids is 1. The van der Waals surface area contributed by atoms with E-state index in [1.165, 1.54) is 31.1 Å². The first-order valence-electron chi connectivity index (χ1n) is 9.12. The molecule has 2 aromatic carbocycles. The fraction of sp³-hybridized carbons (Fsp3) is 0.273. The molecule has 0 aliphatic heterocycles. The molecule has 0 aliphatic carbocycles. The molecule has 3 rings (SSSR count). The molecule has 1 heterocycles. The summed E-state index contributed by atoms with van der Waals surface area (Å²) in [7, 11) is 0. The number of aromatic nitrogens is 2. The quantitative estimate of drug-likeness (QED) is 0.299. The molecule has 0 amide bonds. The number of halogens is 1. The third-order valence-corrected chi connectivity index (χ3v) is 4.41. The highest BCUT2D eigenvalue weighted by atomic mass is 19.1. The molecular weight excluding hydrogens is 327 g/mol. The molecule has 0 fully saturated rings. The predicted molar refractivity (Wildman–Crippen MR) is 104 cm³/mol. The Kier molecular flexibility index (Phi) is 5.95. The van der Waals surface area contributed by atoms with Crippen molar-refractivity contribution in [1.82, 2.24) is 9.55 Å². The van der Waals surface area contributed by atoms with E-state index >= 15 is 0 Å². The van der Waals surface area contributed by atoms with Crippen molar-refractivity contribution in [3.63, 3.8) is 0 Å². The number of ketones is 1. The molecule has 0 N–H and O–H groups in total. The number of hydrogen-bond donors (Lipinski definition) is 0. The largest absolute Gasteiger partial charge is 0.321 e. The Hall–Kier alpha value is -2.75. The van der Waals surface area contributed by atoms with Crippen molar-refractivity contribution in [1.29, 1.82) is 0 Å². The van der Waals surface area contributed by atoms with Crippen molar-refractivity contribution in [2.24, 2.45) is 0 Å². The molecule has 3 nitrogen and oxygen atoms in total. The summed E-state index contributed by atoms with van der Waals surface area (Å²) in [5, 5.41) is 0. The average Bonchev–Trinajstić information content (AvgIpc) is 3.03. The summed E-state index contributed by atoms with van der Waals surface area (Å²) in [6.45, 7) is 2.97. The maximum absolute atomic E-state index is 13.0. The number of hydrogen-bond acceptors (Lipinski definition) is 2. The summed E-state index contributed by atoms with van der Waals surface area (Å²) < 4.78 is 15.0. The molecule has 0 atom stereocenters. The Morgan fingerprint density at radius 3 is 2.62 bits per heavy atom. The number of imidazole rings is 1. The van der Waals surface area contributed by atoms with Crippen LogP contribution in [0.25, 0.3) is 17.1 Å². The van der Waals surface area contributed by atoms with Gasteiger partial charge in [0.2, 0.25) is 5.78 Å². The second kappa shape index (κ2) is 8.56. The van der Waals surface area contributed by atoms with Gasteiger partial charge in [-0.15, -0.1) is 0 Å². The van der Waals surface area contributed by atoms with Gasteiger partial charge in [-0.25, -0.2) is 9.37 Å². The van der Waals surface area contributed by atoms with Gasteiger partial charge in [-0.05, 0) is 42.3 Å². The molecule has 4 heteroatoms. The van der Waals surface area contributed by atoms with Crippen molar-refractivity contribution in [2.75, 3.05) is 0 Å². The number of nitrogens with zero attached hydrogens (tertiary/aromatic N) is 2. The Morgan fingerprint density at radius 1 is 1.08 bits per heavy atom. The highest BCUT2D eigenvalue weighted by molar-refractivity contribution is 6.06. The maximum Gasteiger partial charge on any atom is 0.221 e. The average molecular weight is 350 g/mol. The number of allylic oxidation sites excluding steroid dienone is 1. The number of rotatable bonds is 8.